The quantitative estimate of drug-likeness (QED) is 0.746. The van der Waals surface area contributed by atoms with Crippen LogP contribution in [0.2, 0.25) is 5.02 Å². The maximum Gasteiger partial charge on any atom is 0.243 e. The minimum Gasteiger partial charge on any atom is -0.313 e. The van der Waals surface area contributed by atoms with Crippen LogP contribution in [0, 0.1) is 12.3 Å². The monoisotopic (exact) mass is 328 g/mol. The summed E-state index contributed by atoms with van der Waals surface area (Å²) in [5, 5.41) is 3.60. The molecule has 21 heavy (non-hydrogen) atoms. The highest BCUT2D eigenvalue weighted by atomic mass is 35.5. The van der Waals surface area contributed by atoms with Gasteiger partial charge >= 0.3 is 0 Å². The summed E-state index contributed by atoms with van der Waals surface area (Å²) in [6, 6.07) is 4.80. The van der Waals surface area contributed by atoms with Crippen molar-refractivity contribution in [1.82, 2.24) is 9.62 Å². The number of rotatable bonds is 8. The first-order valence-electron chi connectivity index (χ1n) is 6.90. The van der Waals surface area contributed by atoms with Crippen LogP contribution in [0.3, 0.4) is 0 Å². The topological polar surface area (TPSA) is 49.4 Å². The first kappa shape index (κ1) is 18.0. The van der Waals surface area contributed by atoms with E-state index in [2.05, 4.69) is 11.2 Å². The van der Waals surface area contributed by atoms with Gasteiger partial charge in [-0.15, -0.1) is 6.42 Å². The molecule has 0 aliphatic carbocycles. The molecule has 1 aromatic carbocycles. The second-order valence-electron chi connectivity index (χ2n) is 4.58. The van der Waals surface area contributed by atoms with E-state index >= 15 is 0 Å². The Bertz CT molecular complexity index is 609. The summed E-state index contributed by atoms with van der Waals surface area (Å²) in [5.74, 6) is 2.39. The molecule has 0 radical (unpaired) electrons. The summed E-state index contributed by atoms with van der Waals surface area (Å²) in [5.41, 5.74) is 0.872. The summed E-state index contributed by atoms with van der Waals surface area (Å²) in [6.07, 6.45) is 5.95. The Hall–Kier alpha value is -1.06. The van der Waals surface area contributed by atoms with E-state index in [1.54, 1.807) is 12.1 Å². The van der Waals surface area contributed by atoms with Crippen LogP contribution in [0.4, 0.5) is 0 Å². The number of nitrogens with one attached hydrogen (secondary N) is 1. The minimum atomic E-state index is -3.60. The van der Waals surface area contributed by atoms with Gasteiger partial charge in [0.2, 0.25) is 10.0 Å². The fourth-order valence-electron chi connectivity index (χ4n) is 1.88. The summed E-state index contributed by atoms with van der Waals surface area (Å²) >= 11 is 6.17. The Morgan fingerprint density at radius 2 is 2.10 bits per heavy atom. The van der Waals surface area contributed by atoms with Crippen LogP contribution in [-0.2, 0) is 16.6 Å². The largest absolute Gasteiger partial charge is 0.313 e. The molecule has 0 fully saturated rings. The zero-order chi connectivity index (χ0) is 15.9. The normalized spacial score (nSPS) is 11.6. The van der Waals surface area contributed by atoms with Gasteiger partial charge in [-0.2, -0.15) is 4.31 Å². The van der Waals surface area contributed by atoms with Crippen molar-refractivity contribution < 1.29 is 8.42 Å². The summed E-state index contributed by atoms with van der Waals surface area (Å²) in [4.78, 5) is 0.177. The first-order valence-corrected chi connectivity index (χ1v) is 8.71. The van der Waals surface area contributed by atoms with E-state index in [4.69, 9.17) is 18.0 Å². The lowest BCUT2D eigenvalue weighted by Gasteiger charge is -2.19. The van der Waals surface area contributed by atoms with E-state index in [1.807, 2.05) is 13.8 Å². The molecule has 4 nitrogen and oxygen atoms in total. The van der Waals surface area contributed by atoms with Crippen molar-refractivity contribution in [2.24, 2.45) is 0 Å². The number of benzene rings is 1. The van der Waals surface area contributed by atoms with Crippen molar-refractivity contribution in [2.45, 2.75) is 31.7 Å². The van der Waals surface area contributed by atoms with Gasteiger partial charge in [0.05, 0.1) is 11.4 Å². The SMILES string of the molecule is C#CCN(CCC)S(=O)(=O)c1ccc(CNCC)c(Cl)c1. The molecule has 0 heterocycles. The van der Waals surface area contributed by atoms with Crippen molar-refractivity contribution in [3.8, 4) is 12.3 Å². The molecular weight excluding hydrogens is 308 g/mol. The molecule has 0 amide bonds. The average molecular weight is 329 g/mol. The number of nitrogens with zero attached hydrogens (tertiary/aromatic N) is 1. The standard InChI is InChI=1S/C15H21ClN2O2S/c1-4-9-18(10-5-2)21(19,20)14-8-7-13(12-17-6-3)15(16)11-14/h1,7-8,11,17H,5-6,9-10,12H2,2-3H3. The number of halogens is 1. The molecule has 0 aliphatic rings. The number of hydrogen-bond acceptors (Lipinski definition) is 3. The molecular formula is C15H21ClN2O2S. The fraction of sp³-hybridized carbons (Fsp3) is 0.467. The Morgan fingerprint density at radius 1 is 1.38 bits per heavy atom. The van der Waals surface area contributed by atoms with Crippen LogP contribution in [0.1, 0.15) is 25.8 Å². The van der Waals surface area contributed by atoms with Crippen molar-refractivity contribution >= 4 is 21.6 Å². The van der Waals surface area contributed by atoms with Crippen LogP contribution in [0.15, 0.2) is 23.1 Å². The lowest BCUT2D eigenvalue weighted by atomic mass is 10.2. The van der Waals surface area contributed by atoms with E-state index in [-0.39, 0.29) is 11.4 Å². The number of hydrogen-bond donors (Lipinski definition) is 1. The smallest absolute Gasteiger partial charge is 0.243 e. The summed E-state index contributed by atoms with van der Waals surface area (Å²) in [7, 11) is -3.60. The lowest BCUT2D eigenvalue weighted by molar-refractivity contribution is 0.445. The first-order chi connectivity index (χ1) is 9.97. The molecule has 116 valence electrons. The molecule has 0 spiro atoms. The minimum absolute atomic E-state index is 0.0624. The van der Waals surface area contributed by atoms with Gasteiger partial charge in [-0.05, 0) is 30.7 Å². The molecule has 0 aliphatic heterocycles. The van der Waals surface area contributed by atoms with E-state index in [1.165, 1.54) is 10.4 Å². The molecule has 6 heteroatoms. The van der Waals surface area contributed by atoms with E-state index in [0.717, 1.165) is 12.1 Å². The second kappa shape index (κ2) is 8.40. The van der Waals surface area contributed by atoms with E-state index in [9.17, 15) is 8.42 Å². The van der Waals surface area contributed by atoms with Gasteiger partial charge in [0, 0.05) is 18.1 Å². The maximum absolute atomic E-state index is 12.5. The Labute approximate surface area is 132 Å². The van der Waals surface area contributed by atoms with Crippen molar-refractivity contribution in [2.75, 3.05) is 19.6 Å². The molecule has 1 rings (SSSR count). The zero-order valence-electron chi connectivity index (χ0n) is 12.4. The Kier molecular flexibility index (Phi) is 7.20. The van der Waals surface area contributed by atoms with Gasteiger partial charge < -0.3 is 5.32 Å². The maximum atomic E-state index is 12.5. The van der Waals surface area contributed by atoms with Crippen LogP contribution >= 0.6 is 11.6 Å². The highest BCUT2D eigenvalue weighted by Gasteiger charge is 2.23. The molecule has 0 saturated heterocycles. The van der Waals surface area contributed by atoms with Gasteiger partial charge in [-0.1, -0.05) is 37.4 Å². The fourth-order valence-corrected chi connectivity index (χ4v) is 3.66. The lowest BCUT2D eigenvalue weighted by Crippen LogP contribution is -2.32. The Balaban J connectivity index is 3.08. The third-order valence-corrected chi connectivity index (χ3v) is 5.16. The van der Waals surface area contributed by atoms with Crippen molar-refractivity contribution in [3.05, 3.63) is 28.8 Å². The van der Waals surface area contributed by atoms with Gasteiger partial charge in [-0.3, -0.25) is 0 Å². The van der Waals surface area contributed by atoms with Crippen LogP contribution in [-0.4, -0.2) is 32.4 Å². The molecule has 1 aromatic rings. The van der Waals surface area contributed by atoms with Crippen molar-refractivity contribution in [1.29, 1.82) is 0 Å². The van der Waals surface area contributed by atoms with Crippen LogP contribution < -0.4 is 5.32 Å². The zero-order valence-corrected chi connectivity index (χ0v) is 14.0. The number of sulfonamides is 1. The van der Waals surface area contributed by atoms with Crippen LogP contribution in [0.25, 0.3) is 0 Å². The predicted octanol–water partition coefficient (Wildman–Crippen LogP) is 2.48. The molecule has 0 aromatic heterocycles. The summed E-state index contributed by atoms with van der Waals surface area (Å²) < 4.78 is 26.4. The van der Waals surface area contributed by atoms with Crippen LogP contribution in [0.5, 0.6) is 0 Å². The summed E-state index contributed by atoms with van der Waals surface area (Å²) in [6.45, 7) is 5.79. The third kappa shape index (κ3) is 4.72. The third-order valence-electron chi connectivity index (χ3n) is 2.97. The highest BCUT2D eigenvalue weighted by molar-refractivity contribution is 7.89. The predicted molar refractivity (Wildman–Crippen MR) is 86.7 cm³/mol. The Morgan fingerprint density at radius 3 is 2.62 bits per heavy atom. The molecule has 0 unspecified atom stereocenters. The number of terminal acetylenes is 1. The second-order valence-corrected chi connectivity index (χ2v) is 6.92. The van der Waals surface area contributed by atoms with Gasteiger partial charge in [0.1, 0.15) is 0 Å². The highest BCUT2D eigenvalue weighted by Crippen LogP contribution is 2.23. The van der Waals surface area contributed by atoms with E-state index < -0.39 is 10.0 Å². The molecule has 1 N–H and O–H groups in total. The van der Waals surface area contributed by atoms with Gasteiger partial charge in [0.15, 0.2) is 0 Å². The van der Waals surface area contributed by atoms with Gasteiger partial charge in [-0.25, -0.2) is 8.42 Å². The van der Waals surface area contributed by atoms with Gasteiger partial charge in [0.25, 0.3) is 0 Å². The van der Waals surface area contributed by atoms with E-state index in [0.29, 0.717) is 24.5 Å². The molecule has 0 atom stereocenters. The van der Waals surface area contributed by atoms with Crippen molar-refractivity contribution in [3.63, 3.8) is 0 Å². The molecule has 0 saturated carbocycles. The molecule has 0 bridgehead atoms. The average Bonchev–Trinajstić information content (AvgIpc) is 2.45.